The van der Waals surface area contributed by atoms with Crippen LogP contribution >= 0.6 is 0 Å². The van der Waals surface area contributed by atoms with E-state index < -0.39 is 0 Å². The Bertz CT molecular complexity index is 1120. The SMILES string of the molecule is CCOc1cc(-c2ccc(-c3ccc(N4CCC(C)(NCC5CC5)C4)nn3)c(O)c2)ncn1. The first kappa shape index (κ1) is 21.6. The van der Waals surface area contributed by atoms with Crippen LogP contribution in [0, 0.1) is 5.92 Å². The molecule has 0 radical (unpaired) electrons. The second-order valence-corrected chi connectivity index (χ2v) is 9.24. The van der Waals surface area contributed by atoms with Gasteiger partial charge in [-0.2, -0.15) is 0 Å². The van der Waals surface area contributed by atoms with E-state index in [1.807, 2.05) is 31.2 Å². The largest absolute Gasteiger partial charge is 0.507 e. The van der Waals surface area contributed by atoms with Gasteiger partial charge in [-0.05, 0) is 69.8 Å². The van der Waals surface area contributed by atoms with Gasteiger partial charge in [-0.1, -0.05) is 6.07 Å². The minimum Gasteiger partial charge on any atom is -0.507 e. The van der Waals surface area contributed by atoms with Crippen LogP contribution in [0.1, 0.15) is 33.1 Å². The number of nitrogens with one attached hydrogen (secondary N) is 1. The van der Waals surface area contributed by atoms with E-state index in [1.54, 1.807) is 12.1 Å². The second-order valence-electron chi connectivity index (χ2n) is 9.24. The minimum atomic E-state index is 0.125. The summed E-state index contributed by atoms with van der Waals surface area (Å²) in [6, 6.07) is 11.1. The lowest BCUT2D eigenvalue weighted by atomic mass is 10.0. The van der Waals surface area contributed by atoms with Crippen LogP contribution in [-0.2, 0) is 0 Å². The van der Waals surface area contributed by atoms with Gasteiger partial charge in [0, 0.05) is 35.8 Å². The molecule has 1 aliphatic carbocycles. The Hall–Kier alpha value is -3.26. The zero-order valence-electron chi connectivity index (χ0n) is 19.2. The summed E-state index contributed by atoms with van der Waals surface area (Å²) in [5.41, 5.74) is 2.85. The van der Waals surface area contributed by atoms with Gasteiger partial charge in [-0.25, -0.2) is 9.97 Å². The molecule has 1 atom stereocenters. The van der Waals surface area contributed by atoms with Crippen molar-refractivity contribution in [2.24, 2.45) is 5.92 Å². The molecule has 1 saturated carbocycles. The Morgan fingerprint density at radius 1 is 1.12 bits per heavy atom. The summed E-state index contributed by atoms with van der Waals surface area (Å²) in [6.45, 7) is 7.74. The van der Waals surface area contributed by atoms with Gasteiger partial charge in [0.2, 0.25) is 5.88 Å². The molecule has 2 fully saturated rings. The molecule has 0 spiro atoms. The molecular weight excluding hydrogens is 416 g/mol. The van der Waals surface area contributed by atoms with Crippen LogP contribution in [-0.4, -0.2) is 57.1 Å². The topological polar surface area (TPSA) is 96.3 Å². The van der Waals surface area contributed by atoms with Crippen molar-refractivity contribution in [1.82, 2.24) is 25.5 Å². The molecule has 2 N–H and O–H groups in total. The number of nitrogens with zero attached hydrogens (tertiary/aromatic N) is 5. The maximum absolute atomic E-state index is 10.7. The number of hydrogen-bond donors (Lipinski definition) is 2. The quantitative estimate of drug-likeness (QED) is 0.541. The standard InChI is InChI=1S/C25H30N6O2/c1-3-33-24-13-21(26-16-27-24)18-6-7-19(22(32)12-18)20-8-9-23(30-29-20)31-11-10-25(2,15-31)28-14-17-4-5-17/h6-9,12-13,16-17,28,32H,3-5,10-11,14-15H2,1-2H3. The van der Waals surface area contributed by atoms with E-state index in [2.05, 4.69) is 37.3 Å². The van der Waals surface area contributed by atoms with Crippen LogP contribution in [0.2, 0.25) is 0 Å². The predicted molar refractivity (Wildman–Crippen MR) is 127 cm³/mol. The Labute approximate surface area is 194 Å². The van der Waals surface area contributed by atoms with Gasteiger partial charge >= 0.3 is 0 Å². The number of hydrogen-bond acceptors (Lipinski definition) is 8. The third kappa shape index (κ3) is 4.90. The fraction of sp³-hybridized carbons (Fsp3) is 0.440. The highest BCUT2D eigenvalue weighted by Crippen LogP contribution is 2.34. The first-order chi connectivity index (χ1) is 16.0. The Morgan fingerprint density at radius 3 is 2.73 bits per heavy atom. The molecule has 2 aromatic heterocycles. The van der Waals surface area contributed by atoms with E-state index in [0.29, 0.717) is 29.4 Å². The summed E-state index contributed by atoms with van der Waals surface area (Å²) in [6.07, 6.45) is 5.28. The highest BCUT2D eigenvalue weighted by atomic mass is 16.5. The third-order valence-corrected chi connectivity index (χ3v) is 6.47. The van der Waals surface area contributed by atoms with Crippen molar-refractivity contribution >= 4 is 5.82 Å². The molecule has 8 heteroatoms. The lowest BCUT2D eigenvalue weighted by Crippen LogP contribution is -2.45. The highest BCUT2D eigenvalue weighted by molar-refractivity contribution is 5.73. The Kier molecular flexibility index (Phi) is 5.85. The summed E-state index contributed by atoms with van der Waals surface area (Å²) >= 11 is 0. The van der Waals surface area contributed by atoms with E-state index in [4.69, 9.17) is 4.74 Å². The molecule has 33 heavy (non-hydrogen) atoms. The number of anilines is 1. The maximum Gasteiger partial charge on any atom is 0.216 e. The van der Waals surface area contributed by atoms with Crippen molar-refractivity contribution < 1.29 is 9.84 Å². The van der Waals surface area contributed by atoms with E-state index in [-0.39, 0.29) is 11.3 Å². The van der Waals surface area contributed by atoms with Crippen molar-refractivity contribution in [1.29, 1.82) is 0 Å². The van der Waals surface area contributed by atoms with Gasteiger partial charge in [0.25, 0.3) is 0 Å². The number of phenols is 1. The summed E-state index contributed by atoms with van der Waals surface area (Å²) in [4.78, 5) is 10.7. The van der Waals surface area contributed by atoms with Gasteiger partial charge in [0.05, 0.1) is 18.0 Å². The number of aromatic hydroxyl groups is 1. The van der Waals surface area contributed by atoms with E-state index in [1.165, 1.54) is 19.2 Å². The average Bonchev–Trinajstić information content (AvgIpc) is 3.59. The van der Waals surface area contributed by atoms with Gasteiger partial charge in [0.1, 0.15) is 12.1 Å². The molecule has 0 bridgehead atoms. The van der Waals surface area contributed by atoms with Gasteiger partial charge in [-0.3, -0.25) is 0 Å². The molecule has 5 rings (SSSR count). The Balaban J connectivity index is 1.28. The monoisotopic (exact) mass is 446 g/mol. The molecule has 0 amide bonds. The van der Waals surface area contributed by atoms with Crippen molar-refractivity contribution in [2.45, 2.75) is 38.6 Å². The summed E-state index contributed by atoms with van der Waals surface area (Å²) in [7, 11) is 0. The van der Waals surface area contributed by atoms with Crippen molar-refractivity contribution in [3.8, 4) is 34.1 Å². The smallest absolute Gasteiger partial charge is 0.216 e. The Morgan fingerprint density at radius 2 is 2.00 bits per heavy atom. The number of benzene rings is 1. The molecule has 2 aliphatic rings. The zero-order chi connectivity index (χ0) is 22.8. The fourth-order valence-electron chi connectivity index (χ4n) is 4.28. The molecule has 1 aromatic carbocycles. The summed E-state index contributed by atoms with van der Waals surface area (Å²) in [5.74, 6) is 2.38. The molecule has 3 aromatic rings. The lowest BCUT2D eigenvalue weighted by Gasteiger charge is -2.26. The molecule has 1 unspecified atom stereocenters. The van der Waals surface area contributed by atoms with Gasteiger partial charge in [0.15, 0.2) is 5.82 Å². The first-order valence-corrected chi connectivity index (χ1v) is 11.7. The molecule has 172 valence electrons. The fourth-order valence-corrected chi connectivity index (χ4v) is 4.28. The van der Waals surface area contributed by atoms with Crippen molar-refractivity contribution in [3.05, 3.63) is 42.7 Å². The summed E-state index contributed by atoms with van der Waals surface area (Å²) in [5, 5.41) is 23.3. The highest BCUT2D eigenvalue weighted by Gasteiger charge is 2.35. The van der Waals surface area contributed by atoms with Crippen LogP contribution in [0.3, 0.4) is 0 Å². The molecular formula is C25H30N6O2. The van der Waals surface area contributed by atoms with Crippen LogP contribution in [0.25, 0.3) is 22.5 Å². The number of aromatic nitrogens is 4. The summed E-state index contributed by atoms with van der Waals surface area (Å²) < 4.78 is 5.44. The maximum atomic E-state index is 10.7. The zero-order valence-corrected chi connectivity index (χ0v) is 19.2. The van der Waals surface area contributed by atoms with Crippen LogP contribution < -0.4 is 15.0 Å². The average molecular weight is 447 g/mol. The lowest BCUT2D eigenvalue weighted by molar-refractivity contribution is 0.326. The molecule has 3 heterocycles. The minimum absolute atomic E-state index is 0.125. The number of phenolic OH excluding ortho intramolecular Hbond substituents is 1. The van der Waals surface area contributed by atoms with Gasteiger partial charge in [-0.15, -0.1) is 10.2 Å². The van der Waals surface area contributed by atoms with E-state index in [9.17, 15) is 5.11 Å². The van der Waals surface area contributed by atoms with E-state index >= 15 is 0 Å². The second kappa shape index (κ2) is 8.94. The van der Waals surface area contributed by atoms with Crippen LogP contribution in [0.5, 0.6) is 11.6 Å². The number of ether oxygens (including phenoxy) is 1. The molecule has 1 aliphatic heterocycles. The van der Waals surface area contributed by atoms with Crippen LogP contribution in [0.15, 0.2) is 42.7 Å². The van der Waals surface area contributed by atoms with Gasteiger partial charge < -0.3 is 20.1 Å². The molecule has 8 nitrogen and oxygen atoms in total. The third-order valence-electron chi connectivity index (χ3n) is 6.47. The van der Waals surface area contributed by atoms with Crippen LogP contribution in [0.4, 0.5) is 5.82 Å². The normalized spacial score (nSPS) is 20.2. The van der Waals surface area contributed by atoms with Crippen molar-refractivity contribution in [3.63, 3.8) is 0 Å². The predicted octanol–water partition coefficient (Wildman–Crippen LogP) is 3.67. The molecule has 1 saturated heterocycles. The first-order valence-electron chi connectivity index (χ1n) is 11.7. The number of rotatable bonds is 8. The van der Waals surface area contributed by atoms with E-state index in [0.717, 1.165) is 43.4 Å². The van der Waals surface area contributed by atoms with Crippen molar-refractivity contribution in [2.75, 3.05) is 31.1 Å².